The molecule has 0 aliphatic carbocycles. The van der Waals surface area contributed by atoms with Crippen molar-refractivity contribution in [3.05, 3.63) is 65.9 Å². The minimum atomic E-state index is -0.0221. The first-order valence-electron chi connectivity index (χ1n) is 7.07. The molecule has 0 atom stereocenters. The van der Waals surface area contributed by atoms with E-state index in [2.05, 4.69) is 0 Å². The first-order chi connectivity index (χ1) is 10.2. The molecule has 0 aliphatic rings. The minimum absolute atomic E-state index is 0.0221. The van der Waals surface area contributed by atoms with Crippen LogP contribution in [0.2, 0.25) is 0 Å². The highest BCUT2D eigenvalue weighted by molar-refractivity contribution is 6.14. The van der Waals surface area contributed by atoms with Gasteiger partial charge in [0, 0.05) is 17.6 Å². The Labute approximate surface area is 123 Å². The highest BCUT2D eigenvalue weighted by Crippen LogP contribution is 2.28. The van der Waals surface area contributed by atoms with Gasteiger partial charge in [-0.25, -0.2) is 0 Å². The summed E-state index contributed by atoms with van der Waals surface area (Å²) in [6, 6.07) is 17.4. The van der Waals surface area contributed by atoms with Gasteiger partial charge in [-0.15, -0.1) is 0 Å². The molecule has 1 aromatic heterocycles. The maximum absolute atomic E-state index is 12.9. The van der Waals surface area contributed by atoms with Crippen LogP contribution < -0.4 is 4.90 Å². The standard InChI is InChI=1S/C18H17NO2/c1-3-19(14-9-5-4-6-10-14)18(20)17-13(2)21-16-12-8-7-11-15(16)17/h4-12H,3H2,1-2H3. The summed E-state index contributed by atoms with van der Waals surface area (Å²) in [4.78, 5) is 14.7. The molecule has 0 saturated carbocycles. The van der Waals surface area contributed by atoms with E-state index in [1.54, 1.807) is 4.90 Å². The van der Waals surface area contributed by atoms with E-state index in [-0.39, 0.29) is 5.91 Å². The molecule has 3 aromatic rings. The van der Waals surface area contributed by atoms with Gasteiger partial charge in [-0.1, -0.05) is 36.4 Å². The van der Waals surface area contributed by atoms with E-state index in [4.69, 9.17) is 4.42 Å². The molecule has 3 rings (SSSR count). The van der Waals surface area contributed by atoms with Crippen LogP contribution in [0.25, 0.3) is 11.0 Å². The molecule has 0 fully saturated rings. The van der Waals surface area contributed by atoms with Crippen molar-refractivity contribution in [1.82, 2.24) is 0 Å². The highest BCUT2D eigenvalue weighted by Gasteiger charge is 2.23. The average Bonchev–Trinajstić information content (AvgIpc) is 2.84. The van der Waals surface area contributed by atoms with Crippen molar-refractivity contribution in [3.63, 3.8) is 0 Å². The van der Waals surface area contributed by atoms with Gasteiger partial charge in [-0.3, -0.25) is 4.79 Å². The molecule has 0 aliphatic heterocycles. The summed E-state index contributed by atoms with van der Waals surface area (Å²) in [6.07, 6.45) is 0. The molecule has 0 radical (unpaired) electrons. The normalized spacial score (nSPS) is 10.8. The highest BCUT2D eigenvalue weighted by atomic mass is 16.3. The van der Waals surface area contributed by atoms with Crippen molar-refractivity contribution in [3.8, 4) is 0 Å². The summed E-state index contributed by atoms with van der Waals surface area (Å²) in [7, 11) is 0. The number of benzene rings is 2. The van der Waals surface area contributed by atoms with E-state index < -0.39 is 0 Å². The number of fused-ring (bicyclic) bond motifs is 1. The molecule has 106 valence electrons. The van der Waals surface area contributed by atoms with Gasteiger partial charge < -0.3 is 9.32 Å². The van der Waals surface area contributed by atoms with Gasteiger partial charge in [-0.2, -0.15) is 0 Å². The van der Waals surface area contributed by atoms with Gasteiger partial charge in [0.2, 0.25) is 0 Å². The van der Waals surface area contributed by atoms with Gasteiger partial charge in [0.15, 0.2) is 0 Å². The Hall–Kier alpha value is -2.55. The molecule has 0 bridgehead atoms. The summed E-state index contributed by atoms with van der Waals surface area (Å²) in [5.41, 5.74) is 2.30. The van der Waals surface area contributed by atoms with E-state index in [1.807, 2.05) is 68.4 Å². The van der Waals surface area contributed by atoms with Gasteiger partial charge in [0.1, 0.15) is 11.3 Å². The largest absolute Gasteiger partial charge is 0.461 e. The zero-order chi connectivity index (χ0) is 14.8. The van der Waals surface area contributed by atoms with E-state index in [1.165, 1.54) is 0 Å². The van der Waals surface area contributed by atoms with Crippen LogP contribution in [-0.4, -0.2) is 12.5 Å². The quantitative estimate of drug-likeness (QED) is 0.711. The monoisotopic (exact) mass is 279 g/mol. The molecule has 3 heteroatoms. The molecule has 21 heavy (non-hydrogen) atoms. The van der Waals surface area contributed by atoms with E-state index in [9.17, 15) is 4.79 Å². The molecule has 0 unspecified atom stereocenters. The molecular formula is C18H17NO2. The number of para-hydroxylation sites is 2. The maximum atomic E-state index is 12.9. The number of rotatable bonds is 3. The number of carbonyl (C=O) groups is 1. The van der Waals surface area contributed by atoms with Crippen molar-refractivity contribution < 1.29 is 9.21 Å². The minimum Gasteiger partial charge on any atom is -0.461 e. The molecule has 3 nitrogen and oxygen atoms in total. The van der Waals surface area contributed by atoms with Crippen LogP contribution in [0.5, 0.6) is 0 Å². The second kappa shape index (κ2) is 5.44. The summed E-state index contributed by atoms with van der Waals surface area (Å²) in [5.74, 6) is 0.640. The second-order valence-corrected chi connectivity index (χ2v) is 4.91. The van der Waals surface area contributed by atoms with Gasteiger partial charge in [0.05, 0.1) is 5.56 Å². The zero-order valence-electron chi connectivity index (χ0n) is 12.2. The Morgan fingerprint density at radius 2 is 1.71 bits per heavy atom. The van der Waals surface area contributed by atoms with Crippen LogP contribution in [-0.2, 0) is 0 Å². The van der Waals surface area contributed by atoms with Gasteiger partial charge in [0.25, 0.3) is 5.91 Å². The van der Waals surface area contributed by atoms with Crippen molar-refractivity contribution in [2.24, 2.45) is 0 Å². The lowest BCUT2D eigenvalue weighted by Gasteiger charge is -2.20. The van der Waals surface area contributed by atoms with E-state index >= 15 is 0 Å². The molecule has 0 saturated heterocycles. The number of carbonyl (C=O) groups excluding carboxylic acids is 1. The number of nitrogens with zero attached hydrogens (tertiary/aromatic N) is 1. The SMILES string of the molecule is CCN(C(=O)c1c(C)oc2ccccc12)c1ccccc1. The lowest BCUT2D eigenvalue weighted by molar-refractivity contribution is 0.0988. The van der Waals surface area contributed by atoms with Crippen LogP contribution in [0, 0.1) is 6.92 Å². The van der Waals surface area contributed by atoms with Crippen LogP contribution in [0.3, 0.4) is 0 Å². The van der Waals surface area contributed by atoms with Crippen molar-refractivity contribution in [2.45, 2.75) is 13.8 Å². The van der Waals surface area contributed by atoms with Gasteiger partial charge >= 0.3 is 0 Å². The number of hydrogen-bond donors (Lipinski definition) is 0. The molecule has 0 spiro atoms. The molecule has 1 amide bonds. The lowest BCUT2D eigenvalue weighted by Crippen LogP contribution is -2.30. The Bertz CT molecular complexity index is 774. The third kappa shape index (κ3) is 2.31. The smallest absolute Gasteiger partial charge is 0.262 e. The summed E-state index contributed by atoms with van der Waals surface area (Å²) in [5, 5.41) is 0.870. The Balaban J connectivity index is 2.09. The average molecular weight is 279 g/mol. The topological polar surface area (TPSA) is 33.5 Å². The Morgan fingerprint density at radius 3 is 2.43 bits per heavy atom. The van der Waals surface area contributed by atoms with Crippen molar-refractivity contribution >= 4 is 22.6 Å². The number of amides is 1. The van der Waals surface area contributed by atoms with Crippen LogP contribution >= 0.6 is 0 Å². The number of anilines is 1. The second-order valence-electron chi connectivity index (χ2n) is 4.91. The van der Waals surface area contributed by atoms with Crippen LogP contribution in [0.1, 0.15) is 23.0 Å². The Morgan fingerprint density at radius 1 is 1.05 bits per heavy atom. The van der Waals surface area contributed by atoms with Crippen LogP contribution in [0.15, 0.2) is 59.0 Å². The van der Waals surface area contributed by atoms with E-state index in [0.29, 0.717) is 17.9 Å². The molecular weight excluding hydrogens is 262 g/mol. The fourth-order valence-corrected chi connectivity index (χ4v) is 2.62. The summed E-state index contributed by atoms with van der Waals surface area (Å²) < 4.78 is 5.70. The van der Waals surface area contributed by atoms with Gasteiger partial charge in [-0.05, 0) is 32.0 Å². The number of aryl methyl sites for hydroxylation is 1. The maximum Gasteiger partial charge on any atom is 0.262 e. The summed E-state index contributed by atoms with van der Waals surface area (Å²) >= 11 is 0. The molecule has 2 aromatic carbocycles. The Kier molecular flexibility index (Phi) is 3.48. The third-order valence-electron chi connectivity index (χ3n) is 3.61. The van der Waals surface area contributed by atoms with E-state index in [0.717, 1.165) is 16.7 Å². The molecule has 0 N–H and O–H groups in total. The predicted molar refractivity (Wildman–Crippen MR) is 84.7 cm³/mol. The summed E-state index contributed by atoms with van der Waals surface area (Å²) in [6.45, 7) is 4.43. The predicted octanol–water partition coefficient (Wildman–Crippen LogP) is 4.41. The number of furan rings is 1. The van der Waals surface area contributed by atoms with Crippen molar-refractivity contribution in [2.75, 3.05) is 11.4 Å². The van der Waals surface area contributed by atoms with Crippen LogP contribution in [0.4, 0.5) is 5.69 Å². The first kappa shape index (κ1) is 13.4. The lowest BCUT2D eigenvalue weighted by atomic mass is 10.1. The third-order valence-corrected chi connectivity index (χ3v) is 3.61. The zero-order valence-corrected chi connectivity index (χ0v) is 12.2. The first-order valence-corrected chi connectivity index (χ1v) is 7.07. The fourth-order valence-electron chi connectivity index (χ4n) is 2.62. The van der Waals surface area contributed by atoms with Crippen molar-refractivity contribution in [1.29, 1.82) is 0 Å². The fraction of sp³-hybridized carbons (Fsp3) is 0.167. The number of hydrogen-bond acceptors (Lipinski definition) is 2. The molecule has 1 heterocycles.